The largest absolute Gasteiger partial charge is 0.493 e. The normalized spacial score (nSPS) is 13.1. The number of hydrogen-bond donors (Lipinski definition) is 4. The topological polar surface area (TPSA) is 116 Å². The average molecular weight is 356 g/mol. The van der Waals surface area contributed by atoms with Gasteiger partial charge in [0.25, 0.3) is 0 Å². The van der Waals surface area contributed by atoms with Gasteiger partial charge in [0.2, 0.25) is 5.88 Å². The van der Waals surface area contributed by atoms with Crippen LogP contribution in [0.4, 0.5) is 0 Å². The summed E-state index contributed by atoms with van der Waals surface area (Å²) < 4.78 is 1.50. The zero-order valence-corrected chi connectivity index (χ0v) is 15.5. The van der Waals surface area contributed by atoms with Crippen LogP contribution in [-0.2, 0) is 17.8 Å². The monoisotopic (exact) mass is 356 g/mol. The van der Waals surface area contributed by atoms with Crippen LogP contribution >= 0.6 is 0 Å². The molecule has 1 heterocycles. The highest BCUT2D eigenvalue weighted by Gasteiger charge is 2.18. The number of aliphatic carboxylic acids is 1. The number of nitrogens with zero attached hydrogens (tertiary/aromatic N) is 1. The van der Waals surface area contributed by atoms with Crippen LogP contribution in [0, 0.1) is 5.41 Å². The number of aliphatic hydroxyl groups is 1. The maximum absolute atomic E-state index is 12.0. The quantitative estimate of drug-likeness (QED) is 0.455. The van der Waals surface area contributed by atoms with Gasteiger partial charge in [-0.3, -0.25) is 14.3 Å². The maximum atomic E-state index is 12.0. The van der Waals surface area contributed by atoms with Crippen molar-refractivity contribution in [2.45, 2.75) is 84.8 Å². The summed E-state index contributed by atoms with van der Waals surface area (Å²) in [7, 11) is 0. The highest BCUT2D eigenvalue weighted by atomic mass is 16.4. The summed E-state index contributed by atoms with van der Waals surface area (Å²) in [5.74, 6) is -0.897. The van der Waals surface area contributed by atoms with E-state index >= 15 is 0 Å². The molecule has 4 N–H and O–H groups in total. The summed E-state index contributed by atoms with van der Waals surface area (Å²) in [4.78, 5) is 24.9. The third-order valence-electron chi connectivity index (χ3n) is 4.16. The number of carbonyl (C=O) groups is 1. The molecule has 0 aliphatic heterocycles. The van der Waals surface area contributed by atoms with Crippen LogP contribution < -0.4 is 5.69 Å². The standard InChI is InChI=1S/C18H32N2O5/c1-18(2,3)12-13(21)10-11-20-14(16(24)19-17(20)25)8-6-4-5-7-9-15(22)23/h13,21,24H,4-12H2,1-3H3,(H,19,25)(H,22,23). The molecule has 25 heavy (non-hydrogen) atoms. The lowest BCUT2D eigenvalue weighted by atomic mass is 9.88. The summed E-state index contributed by atoms with van der Waals surface area (Å²) in [6, 6.07) is 0. The van der Waals surface area contributed by atoms with Gasteiger partial charge in [-0.2, -0.15) is 0 Å². The van der Waals surface area contributed by atoms with Gasteiger partial charge in [-0.25, -0.2) is 4.79 Å². The highest BCUT2D eigenvalue weighted by Crippen LogP contribution is 2.23. The number of unbranched alkanes of at least 4 members (excludes halogenated alkanes) is 3. The minimum absolute atomic E-state index is 0.0173. The molecule has 0 bridgehead atoms. The highest BCUT2D eigenvalue weighted by molar-refractivity contribution is 5.66. The molecular weight excluding hydrogens is 324 g/mol. The first-order valence-corrected chi connectivity index (χ1v) is 9.00. The maximum Gasteiger partial charge on any atom is 0.328 e. The van der Waals surface area contributed by atoms with Crippen molar-refractivity contribution >= 4 is 5.97 Å². The summed E-state index contributed by atoms with van der Waals surface area (Å²) in [5, 5.41) is 28.6. The minimum atomic E-state index is -0.786. The number of aromatic nitrogens is 2. The molecule has 0 saturated carbocycles. The average Bonchev–Trinajstić information content (AvgIpc) is 2.72. The first-order chi connectivity index (χ1) is 11.6. The van der Waals surface area contributed by atoms with Gasteiger partial charge in [0, 0.05) is 13.0 Å². The lowest BCUT2D eigenvalue weighted by Gasteiger charge is -2.22. The van der Waals surface area contributed by atoms with Crippen molar-refractivity contribution in [1.82, 2.24) is 9.55 Å². The fourth-order valence-corrected chi connectivity index (χ4v) is 2.99. The predicted octanol–water partition coefficient (Wildman–Crippen LogP) is 2.65. The molecule has 0 amide bonds. The molecular formula is C18H32N2O5. The minimum Gasteiger partial charge on any atom is -0.493 e. The van der Waals surface area contributed by atoms with Gasteiger partial charge in [-0.05, 0) is 37.5 Å². The Labute approximate surface area is 148 Å². The number of nitrogens with one attached hydrogen (secondary N) is 1. The Bertz CT molecular complexity index is 598. The summed E-state index contributed by atoms with van der Waals surface area (Å²) in [6.07, 6.45) is 4.41. The second kappa shape index (κ2) is 9.65. The second-order valence-corrected chi connectivity index (χ2v) is 7.89. The van der Waals surface area contributed by atoms with Crippen molar-refractivity contribution < 1.29 is 20.1 Å². The first-order valence-electron chi connectivity index (χ1n) is 9.00. The van der Waals surface area contributed by atoms with Gasteiger partial charge >= 0.3 is 11.7 Å². The molecule has 1 rings (SSSR count). The van der Waals surface area contributed by atoms with Gasteiger partial charge in [0.1, 0.15) is 0 Å². The van der Waals surface area contributed by atoms with Gasteiger partial charge in [-0.1, -0.05) is 33.6 Å². The van der Waals surface area contributed by atoms with E-state index in [0.29, 0.717) is 37.9 Å². The van der Waals surface area contributed by atoms with Crippen molar-refractivity contribution in [1.29, 1.82) is 0 Å². The van der Waals surface area contributed by atoms with Crippen molar-refractivity contribution in [3.8, 4) is 5.88 Å². The number of rotatable bonds is 11. The fourth-order valence-electron chi connectivity index (χ4n) is 2.99. The second-order valence-electron chi connectivity index (χ2n) is 7.89. The zero-order chi connectivity index (χ0) is 19.0. The zero-order valence-electron chi connectivity index (χ0n) is 15.5. The molecule has 0 radical (unpaired) electrons. The predicted molar refractivity (Wildman–Crippen MR) is 95.8 cm³/mol. The fraction of sp³-hybridized carbons (Fsp3) is 0.778. The Morgan fingerprint density at radius 2 is 1.84 bits per heavy atom. The SMILES string of the molecule is CC(C)(C)CC(O)CCn1c(CCCCCCC(=O)O)c(O)[nH]c1=O. The van der Waals surface area contributed by atoms with E-state index in [-0.39, 0.29) is 23.4 Å². The Kier molecular flexibility index (Phi) is 8.22. The summed E-state index contributed by atoms with van der Waals surface area (Å²) in [6.45, 7) is 6.53. The number of hydrogen-bond acceptors (Lipinski definition) is 4. The van der Waals surface area contributed by atoms with E-state index in [0.717, 1.165) is 19.3 Å². The molecule has 7 heteroatoms. The van der Waals surface area contributed by atoms with E-state index in [1.807, 2.05) is 0 Å². The lowest BCUT2D eigenvalue weighted by Crippen LogP contribution is -2.24. The van der Waals surface area contributed by atoms with Crippen LogP contribution in [-0.4, -0.2) is 36.9 Å². The van der Waals surface area contributed by atoms with E-state index < -0.39 is 12.1 Å². The van der Waals surface area contributed by atoms with Gasteiger partial charge in [-0.15, -0.1) is 0 Å². The Hall–Kier alpha value is -1.76. The Morgan fingerprint density at radius 3 is 2.44 bits per heavy atom. The molecule has 1 aromatic rings. The van der Waals surface area contributed by atoms with Crippen LogP contribution in [0.2, 0.25) is 0 Å². The van der Waals surface area contributed by atoms with Crippen molar-refractivity contribution in [3.63, 3.8) is 0 Å². The van der Waals surface area contributed by atoms with E-state index in [1.165, 1.54) is 4.57 Å². The van der Waals surface area contributed by atoms with Crippen molar-refractivity contribution in [3.05, 3.63) is 16.2 Å². The van der Waals surface area contributed by atoms with Gasteiger partial charge in [0.05, 0.1) is 11.8 Å². The molecule has 1 atom stereocenters. The van der Waals surface area contributed by atoms with Crippen LogP contribution in [0.15, 0.2) is 4.79 Å². The van der Waals surface area contributed by atoms with E-state index in [9.17, 15) is 19.8 Å². The molecule has 1 unspecified atom stereocenters. The molecule has 0 spiro atoms. The van der Waals surface area contributed by atoms with Crippen molar-refractivity contribution in [2.24, 2.45) is 5.41 Å². The third kappa shape index (κ3) is 8.25. The molecule has 0 aliphatic rings. The van der Waals surface area contributed by atoms with Gasteiger partial charge < -0.3 is 15.3 Å². The Balaban J connectivity index is 2.52. The molecule has 0 aromatic carbocycles. The molecule has 144 valence electrons. The van der Waals surface area contributed by atoms with Crippen LogP contribution in [0.25, 0.3) is 0 Å². The van der Waals surface area contributed by atoms with Crippen LogP contribution in [0.5, 0.6) is 5.88 Å². The number of aromatic amines is 1. The molecule has 0 saturated heterocycles. The number of H-pyrrole nitrogens is 1. The molecule has 0 fully saturated rings. The van der Waals surface area contributed by atoms with Gasteiger partial charge in [0.15, 0.2) is 0 Å². The molecule has 0 aliphatic carbocycles. The Morgan fingerprint density at radius 1 is 1.20 bits per heavy atom. The van der Waals surface area contributed by atoms with Crippen molar-refractivity contribution in [2.75, 3.05) is 0 Å². The van der Waals surface area contributed by atoms with E-state index in [4.69, 9.17) is 5.11 Å². The van der Waals surface area contributed by atoms with E-state index in [2.05, 4.69) is 25.8 Å². The first kappa shape index (κ1) is 21.3. The molecule has 7 nitrogen and oxygen atoms in total. The summed E-state index contributed by atoms with van der Waals surface area (Å²) in [5.41, 5.74) is 0.219. The number of aliphatic hydroxyl groups excluding tert-OH is 1. The molecule has 1 aromatic heterocycles. The summed E-state index contributed by atoms with van der Waals surface area (Å²) >= 11 is 0. The van der Waals surface area contributed by atoms with Crippen LogP contribution in [0.3, 0.4) is 0 Å². The van der Waals surface area contributed by atoms with Crippen LogP contribution in [0.1, 0.15) is 71.4 Å². The number of aromatic hydroxyl groups is 1. The third-order valence-corrected chi connectivity index (χ3v) is 4.16. The number of imidazole rings is 1. The smallest absolute Gasteiger partial charge is 0.328 e. The number of carboxylic acid groups (broad SMARTS) is 1. The number of carboxylic acids is 1. The lowest BCUT2D eigenvalue weighted by molar-refractivity contribution is -0.137. The van der Waals surface area contributed by atoms with E-state index in [1.54, 1.807) is 0 Å².